The van der Waals surface area contributed by atoms with Gasteiger partial charge in [0.25, 0.3) is 5.91 Å². The Morgan fingerprint density at radius 1 is 1.33 bits per heavy atom. The number of hydrogen-bond acceptors (Lipinski definition) is 3. The van der Waals surface area contributed by atoms with Crippen molar-refractivity contribution >= 4 is 18.3 Å². The average Bonchev–Trinajstić information content (AvgIpc) is 3.19. The number of nitrogens with one attached hydrogen (secondary N) is 1. The number of hydrogen-bond donors (Lipinski definition) is 2. The number of nitrogens with two attached hydrogens (primary N) is 1. The van der Waals surface area contributed by atoms with E-state index in [1.807, 2.05) is 0 Å². The molecule has 0 aromatic heterocycles. The van der Waals surface area contributed by atoms with Gasteiger partial charge in [-0.3, -0.25) is 4.79 Å². The van der Waals surface area contributed by atoms with Gasteiger partial charge < -0.3 is 15.8 Å². The summed E-state index contributed by atoms with van der Waals surface area (Å²) in [4.78, 5) is 11.9. The van der Waals surface area contributed by atoms with Gasteiger partial charge in [-0.05, 0) is 43.0 Å². The molecule has 3 N–H and O–H groups in total. The number of amides is 1. The van der Waals surface area contributed by atoms with E-state index in [2.05, 4.69) is 10.1 Å². The highest BCUT2D eigenvalue weighted by Crippen LogP contribution is 2.32. The molecule has 4 nitrogen and oxygen atoms in total. The molecule has 1 amide bonds. The Labute approximate surface area is 126 Å². The summed E-state index contributed by atoms with van der Waals surface area (Å²) in [6.45, 7) is 0.353. The van der Waals surface area contributed by atoms with E-state index in [1.54, 1.807) is 0 Å². The molecular weight excluding hydrogens is 309 g/mol. The quantitative estimate of drug-likeness (QED) is 0.874. The van der Waals surface area contributed by atoms with E-state index in [-0.39, 0.29) is 35.7 Å². The zero-order valence-electron chi connectivity index (χ0n) is 11.0. The summed E-state index contributed by atoms with van der Waals surface area (Å²) in [7, 11) is 0. The van der Waals surface area contributed by atoms with Crippen LogP contribution < -0.4 is 15.8 Å². The van der Waals surface area contributed by atoms with Gasteiger partial charge >= 0.3 is 6.36 Å². The number of ether oxygens (including phenoxy) is 1. The van der Waals surface area contributed by atoms with E-state index in [4.69, 9.17) is 5.73 Å². The maximum absolute atomic E-state index is 12.0. The van der Waals surface area contributed by atoms with Crippen molar-refractivity contribution in [2.75, 3.05) is 6.54 Å². The van der Waals surface area contributed by atoms with Gasteiger partial charge in [0.1, 0.15) is 5.75 Å². The fraction of sp³-hybridized carbons (Fsp3) is 0.462. The third-order valence-corrected chi connectivity index (χ3v) is 3.11. The smallest absolute Gasteiger partial charge is 0.406 e. The van der Waals surface area contributed by atoms with E-state index >= 15 is 0 Å². The lowest BCUT2D eigenvalue weighted by Gasteiger charge is -2.16. The molecule has 1 aromatic carbocycles. The van der Waals surface area contributed by atoms with E-state index in [9.17, 15) is 18.0 Å². The minimum absolute atomic E-state index is 0. The number of carbonyl (C=O) groups excluding carboxylic acids is 1. The lowest BCUT2D eigenvalue weighted by molar-refractivity contribution is -0.274. The fourth-order valence-corrected chi connectivity index (χ4v) is 1.93. The molecule has 1 unspecified atom stereocenters. The number of rotatable bonds is 5. The molecule has 0 saturated heterocycles. The molecule has 1 aromatic rings. The van der Waals surface area contributed by atoms with Gasteiger partial charge in [-0.1, -0.05) is 0 Å². The first-order chi connectivity index (χ1) is 9.39. The Morgan fingerprint density at radius 3 is 2.33 bits per heavy atom. The van der Waals surface area contributed by atoms with Crippen LogP contribution in [0.25, 0.3) is 0 Å². The standard InChI is InChI=1S/C13H15F3N2O2.ClH/c14-13(15,16)20-10-5-3-9(4-6-10)12(19)18-11(7-17)8-1-2-8;/h3-6,8,11H,1-2,7,17H2,(H,18,19);1H. The molecule has 21 heavy (non-hydrogen) atoms. The lowest BCUT2D eigenvalue weighted by Crippen LogP contribution is -2.41. The van der Waals surface area contributed by atoms with Crippen LogP contribution >= 0.6 is 12.4 Å². The molecule has 8 heteroatoms. The van der Waals surface area contributed by atoms with Crippen LogP contribution in [-0.4, -0.2) is 24.9 Å². The summed E-state index contributed by atoms with van der Waals surface area (Å²) in [5.74, 6) is -0.283. The average molecular weight is 325 g/mol. The Morgan fingerprint density at radius 2 is 1.90 bits per heavy atom. The Kier molecular flexibility index (Phi) is 5.86. The van der Waals surface area contributed by atoms with Gasteiger partial charge in [0, 0.05) is 18.2 Å². The molecule has 0 heterocycles. The van der Waals surface area contributed by atoms with Crippen molar-refractivity contribution in [3.05, 3.63) is 29.8 Å². The van der Waals surface area contributed by atoms with E-state index in [0.717, 1.165) is 25.0 Å². The lowest BCUT2D eigenvalue weighted by atomic mass is 10.1. The van der Waals surface area contributed by atoms with Crippen LogP contribution in [-0.2, 0) is 0 Å². The predicted octanol–water partition coefficient (Wildman–Crippen LogP) is 2.47. The summed E-state index contributed by atoms with van der Waals surface area (Å²) in [6, 6.07) is 4.72. The summed E-state index contributed by atoms with van der Waals surface area (Å²) in [5, 5.41) is 2.79. The van der Waals surface area contributed by atoms with Crippen molar-refractivity contribution in [1.82, 2.24) is 5.32 Å². The minimum Gasteiger partial charge on any atom is -0.406 e. The third-order valence-electron chi connectivity index (χ3n) is 3.11. The van der Waals surface area contributed by atoms with Gasteiger partial charge in [0.05, 0.1) is 0 Å². The first-order valence-corrected chi connectivity index (χ1v) is 6.26. The zero-order valence-corrected chi connectivity index (χ0v) is 11.8. The summed E-state index contributed by atoms with van der Waals surface area (Å²) >= 11 is 0. The van der Waals surface area contributed by atoms with Gasteiger partial charge in [0.15, 0.2) is 0 Å². The molecule has 118 valence electrons. The highest BCUT2D eigenvalue weighted by molar-refractivity contribution is 5.94. The largest absolute Gasteiger partial charge is 0.573 e. The molecule has 0 radical (unpaired) electrons. The first-order valence-electron chi connectivity index (χ1n) is 6.26. The number of alkyl halides is 3. The normalized spacial score (nSPS) is 15.8. The molecule has 1 aliphatic rings. The predicted molar refractivity (Wildman–Crippen MR) is 73.4 cm³/mol. The van der Waals surface area contributed by atoms with Crippen molar-refractivity contribution in [2.24, 2.45) is 11.7 Å². The topological polar surface area (TPSA) is 64.3 Å². The van der Waals surface area contributed by atoms with Gasteiger partial charge in [-0.25, -0.2) is 0 Å². The fourth-order valence-electron chi connectivity index (χ4n) is 1.93. The minimum atomic E-state index is -4.74. The Hall–Kier alpha value is -1.47. The number of carbonyl (C=O) groups is 1. The van der Waals surface area contributed by atoms with Crippen LogP contribution in [0.2, 0.25) is 0 Å². The maximum atomic E-state index is 12.0. The van der Waals surface area contributed by atoms with Crippen LogP contribution in [0.3, 0.4) is 0 Å². The van der Waals surface area contributed by atoms with Crippen molar-refractivity contribution in [1.29, 1.82) is 0 Å². The monoisotopic (exact) mass is 324 g/mol. The van der Waals surface area contributed by atoms with Gasteiger partial charge in [-0.15, -0.1) is 25.6 Å². The van der Waals surface area contributed by atoms with Crippen molar-refractivity contribution in [3.8, 4) is 5.75 Å². The number of benzene rings is 1. The van der Waals surface area contributed by atoms with Crippen molar-refractivity contribution in [3.63, 3.8) is 0 Å². The highest BCUT2D eigenvalue weighted by atomic mass is 35.5. The molecule has 1 aliphatic carbocycles. The van der Waals surface area contributed by atoms with Crippen molar-refractivity contribution in [2.45, 2.75) is 25.2 Å². The second kappa shape index (κ2) is 7.00. The molecule has 0 spiro atoms. The van der Waals surface area contributed by atoms with Gasteiger partial charge in [0.2, 0.25) is 0 Å². The highest BCUT2D eigenvalue weighted by Gasteiger charge is 2.32. The van der Waals surface area contributed by atoms with E-state index < -0.39 is 6.36 Å². The Bertz CT molecular complexity index is 475. The number of halogens is 4. The van der Waals surface area contributed by atoms with Crippen LogP contribution in [0, 0.1) is 5.92 Å². The second-order valence-corrected chi connectivity index (χ2v) is 4.73. The summed E-state index contributed by atoms with van der Waals surface area (Å²) < 4.78 is 39.7. The molecule has 1 atom stereocenters. The SMILES string of the molecule is Cl.NCC(NC(=O)c1ccc(OC(F)(F)F)cc1)C1CC1. The van der Waals surface area contributed by atoms with Crippen molar-refractivity contribution < 1.29 is 22.7 Å². The van der Waals surface area contributed by atoms with Gasteiger partial charge in [-0.2, -0.15) is 0 Å². The molecule has 1 fully saturated rings. The first kappa shape index (κ1) is 17.6. The maximum Gasteiger partial charge on any atom is 0.573 e. The summed E-state index contributed by atoms with van der Waals surface area (Å²) in [6.07, 6.45) is -2.65. The van der Waals surface area contributed by atoms with Crippen LogP contribution in [0.4, 0.5) is 13.2 Å². The summed E-state index contributed by atoms with van der Waals surface area (Å²) in [5.41, 5.74) is 5.85. The van der Waals surface area contributed by atoms with E-state index in [0.29, 0.717) is 12.5 Å². The zero-order chi connectivity index (χ0) is 14.8. The molecule has 0 aliphatic heterocycles. The third kappa shape index (κ3) is 5.43. The molecule has 0 bridgehead atoms. The van der Waals surface area contributed by atoms with Crippen LogP contribution in [0.5, 0.6) is 5.75 Å². The van der Waals surface area contributed by atoms with E-state index in [1.165, 1.54) is 12.1 Å². The van der Waals surface area contributed by atoms with Crippen LogP contribution in [0.1, 0.15) is 23.2 Å². The Balaban J connectivity index is 0.00000220. The van der Waals surface area contributed by atoms with Crippen LogP contribution in [0.15, 0.2) is 24.3 Å². The molecular formula is C13H16ClF3N2O2. The second-order valence-electron chi connectivity index (χ2n) is 4.73. The molecule has 1 saturated carbocycles. The molecule has 2 rings (SSSR count).